The van der Waals surface area contributed by atoms with Crippen LogP contribution in [-0.2, 0) is 33.1 Å². The Hall–Kier alpha value is -3.88. The normalized spacial score (nSPS) is 15.5. The van der Waals surface area contributed by atoms with Crippen LogP contribution in [-0.4, -0.2) is 103 Å². The number of piperidine rings is 2. The molecule has 0 aliphatic carbocycles. The molecule has 4 aromatic rings. The highest BCUT2D eigenvalue weighted by molar-refractivity contribution is 7.91. The van der Waals surface area contributed by atoms with E-state index in [4.69, 9.17) is 9.47 Å². The summed E-state index contributed by atoms with van der Waals surface area (Å²) in [5.41, 5.74) is 1.000. The van der Waals surface area contributed by atoms with E-state index in [1.54, 1.807) is 95.6 Å². The summed E-state index contributed by atoms with van der Waals surface area (Å²) in [5.74, 6) is 0.773. The van der Waals surface area contributed by atoms with Crippen molar-refractivity contribution in [3.05, 3.63) is 93.7 Å². The molecular formula is C48H70N6O8S4. The molecule has 0 bridgehead atoms. The third-order valence-electron chi connectivity index (χ3n) is 11.8. The Morgan fingerprint density at radius 2 is 1.02 bits per heavy atom. The largest absolute Gasteiger partial charge is 0.497 e. The van der Waals surface area contributed by atoms with Gasteiger partial charge in [-0.15, -0.1) is 22.7 Å². The number of thiophene rings is 2. The molecule has 14 nitrogen and oxygen atoms in total. The Kier molecular flexibility index (Phi) is 21.9. The molecule has 2 saturated heterocycles. The molecule has 2 fully saturated rings. The van der Waals surface area contributed by atoms with Crippen molar-refractivity contribution in [3.8, 4) is 11.5 Å². The average molecular weight is 987 g/mol. The zero-order valence-corrected chi connectivity index (χ0v) is 42.3. The minimum atomic E-state index is -3.51. The summed E-state index contributed by atoms with van der Waals surface area (Å²) in [6.45, 7) is 8.91. The van der Waals surface area contributed by atoms with Gasteiger partial charge in [-0.3, -0.25) is 9.59 Å². The predicted molar refractivity (Wildman–Crippen MR) is 265 cm³/mol. The summed E-state index contributed by atoms with van der Waals surface area (Å²) in [4.78, 5) is 26.4. The minimum absolute atomic E-state index is 0.224. The summed E-state index contributed by atoms with van der Waals surface area (Å²) in [6.07, 6.45) is 13.8. The second kappa shape index (κ2) is 27.2. The minimum Gasteiger partial charge on any atom is -0.497 e. The van der Waals surface area contributed by atoms with Gasteiger partial charge < -0.3 is 30.7 Å². The van der Waals surface area contributed by atoms with Gasteiger partial charge in [-0.2, -0.15) is 8.61 Å². The van der Waals surface area contributed by atoms with Crippen LogP contribution in [0.1, 0.15) is 121 Å². The molecule has 6 rings (SSSR count). The van der Waals surface area contributed by atoms with Gasteiger partial charge >= 0.3 is 0 Å². The number of nitrogens with zero attached hydrogens (tertiary/aromatic N) is 2. The molecule has 2 aromatic carbocycles. The Morgan fingerprint density at radius 1 is 0.591 bits per heavy atom. The fraction of sp³-hybridized carbons (Fsp3) is 0.542. The summed E-state index contributed by atoms with van der Waals surface area (Å²) in [5, 5.41) is 12.7. The number of ether oxygens (including phenoxy) is 2. The topological polar surface area (TPSA) is 175 Å². The molecule has 0 saturated carbocycles. The molecule has 2 amide bonds. The molecule has 2 aromatic heterocycles. The van der Waals surface area contributed by atoms with Gasteiger partial charge in [0.2, 0.25) is 0 Å². The van der Waals surface area contributed by atoms with Gasteiger partial charge in [-0.1, -0.05) is 70.9 Å². The van der Waals surface area contributed by atoms with E-state index in [2.05, 4.69) is 35.1 Å². The maximum absolute atomic E-state index is 13.2. The lowest BCUT2D eigenvalue weighted by Crippen LogP contribution is -2.44. The van der Waals surface area contributed by atoms with Gasteiger partial charge in [-0.25, -0.2) is 16.8 Å². The van der Waals surface area contributed by atoms with Crippen LogP contribution in [0.15, 0.2) is 81.2 Å². The fourth-order valence-corrected chi connectivity index (χ4v) is 13.8. The van der Waals surface area contributed by atoms with Crippen LogP contribution in [0.5, 0.6) is 11.5 Å². The molecule has 0 atom stereocenters. The van der Waals surface area contributed by atoms with Crippen molar-refractivity contribution < 1.29 is 35.9 Å². The number of hydrogen-bond donors (Lipinski definition) is 4. The highest BCUT2D eigenvalue weighted by Gasteiger charge is 2.32. The average Bonchev–Trinajstić information content (AvgIpc) is 4.04. The first-order valence-electron chi connectivity index (χ1n) is 23.4. The summed E-state index contributed by atoms with van der Waals surface area (Å²) in [7, 11) is -3.89. The van der Waals surface area contributed by atoms with Crippen molar-refractivity contribution in [1.82, 2.24) is 29.9 Å². The van der Waals surface area contributed by atoms with Crippen molar-refractivity contribution >= 4 is 54.5 Å². The summed E-state index contributed by atoms with van der Waals surface area (Å²) in [6, 6.07) is 21.4. The summed E-state index contributed by atoms with van der Waals surface area (Å²) < 4.78 is 66.3. The maximum atomic E-state index is 13.2. The van der Waals surface area contributed by atoms with Gasteiger partial charge in [0, 0.05) is 59.1 Å². The van der Waals surface area contributed by atoms with E-state index < -0.39 is 20.0 Å². The molecule has 0 radical (unpaired) electrons. The smallest absolute Gasteiger partial charge is 0.252 e. The molecular weight excluding hydrogens is 917 g/mol. The number of nitrogens with one attached hydrogen (secondary N) is 4. The number of unbranched alkanes of at least 4 members (excludes halogenated alkanes) is 7. The predicted octanol–water partition coefficient (Wildman–Crippen LogP) is 8.02. The third-order valence-corrected chi connectivity index (χ3v) is 18.7. The maximum Gasteiger partial charge on any atom is 0.252 e. The van der Waals surface area contributed by atoms with E-state index in [-0.39, 0.29) is 24.9 Å². The first kappa shape index (κ1) is 53.1. The summed E-state index contributed by atoms with van der Waals surface area (Å²) >= 11 is 2.43. The second-order valence-electron chi connectivity index (χ2n) is 16.6. The zero-order valence-electron chi connectivity index (χ0n) is 39.0. The van der Waals surface area contributed by atoms with Crippen molar-refractivity contribution in [2.75, 3.05) is 53.5 Å². The van der Waals surface area contributed by atoms with Crippen molar-refractivity contribution in [2.45, 2.75) is 124 Å². The molecule has 0 spiro atoms. The van der Waals surface area contributed by atoms with Crippen molar-refractivity contribution in [1.29, 1.82) is 0 Å². The van der Waals surface area contributed by atoms with Crippen LogP contribution in [0.25, 0.3) is 0 Å². The Balaban J connectivity index is 0.000000255. The Morgan fingerprint density at radius 3 is 1.44 bits per heavy atom. The van der Waals surface area contributed by atoms with Gasteiger partial charge in [0.1, 0.15) is 19.9 Å². The van der Waals surface area contributed by atoms with E-state index >= 15 is 0 Å². The lowest BCUT2D eigenvalue weighted by molar-refractivity contribution is 0.0943. The number of carbonyl (C=O) groups is 2. The molecule has 66 heavy (non-hydrogen) atoms. The number of carbonyl (C=O) groups excluding carboxylic acids is 2. The number of rotatable bonds is 24. The van der Waals surface area contributed by atoms with E-state index in [1.807, 2.05) is 0 Å². The monoisotopic (exact) mass is 986 g/mol. The first-order valence-corrected chi connectivity index (χ1v) is 27.9. The van der Waals surface area contributed by atoms with E-state index in [0.29, 0.717) is 69.3 Å². The third kappa shape index (κ3) is 16.1. The number of hydrogen-bond acceptors (Lipinski definition) is 12. The number of sulfonamides is 2. The van der Waals surface area contributed by atoms with Crippen LogP contribution >= 0.6 is 22.7 Å². The molecule has 4 heterocycles. The standard InChI is InChI=1S/C28H43N3O4S2.C20H27N3O4S2/c1-3-4-5-6-7-8-9-10-18-29-24-16-19-31(20-17-24)37(33,34)27-15-14-26(36-27)22-30-28(32)23-12-11-13-25(21-23)35-2;1-3-21-16-9-11-23(12-10-16)29(25,26)19-8-7-18(28-19)14-22-20(24)15-5-4-6-17(13-15)27-2/h11-15,21,24,29H,3-10,16-20,22H2,1-2H3,(H,30,32);4-8,13,16,21H,3,9-12,14H2,1-2H3,(H,22,24). The SMILES string of the molecule is CCCCCCCCCCNC1CCN(S(=O)(=O)c2ccc(CNC(=O)c3cccc(OC)c3)s2)CC1.CCNC1CCN(S(=O)(=O)c2ccc(CNC(=O)c3cccc(OC)c3)s2)CC1. The first-order chi connectivity index (χ1) is 31.9. The van der Waals surface area contributed by atoms with Gasteiger partial charge in [0.05, 0.1) is 27.3 Å². The van der Waals surface area contributed by atoms with Crippen LogP contribution in [0.2, 0.25) is 0 Å². The highest BCUT2D eigenvalue weighted by Crippen LogP contribution is 2.29. The van der Waals surface area contributed by atoms with Crippen molar-refractivity contribution in [2.24, 2.45) is 0 Å². The molecule has 2 aliphatic heterocycles. The lowest BCUT2D eigenvalue weighted by Gasteiger charge is -2.31. The molecule has 18 heteroatoms. The van der Waals surface area contributed by atoms with Crippen LogP contribution in [0.3, 0.4) is 0 Å². The van der Waals surface area contributed by atoms with E-state index in [0.717, 1.165) is 48.5 Å². The number of amides is 2. The van der Waals surface area contributed by atoms with E-state index in [1.165, 1.54) is 74.0 Å². The molecule has 0 unspecified atom stereocenters. The van der Waals surface area contributed by atoms with Crippen LogP contribution in [0, 0.1) is 0 Å². The fourth-order valence-electron chi connectivity index (χ4n) is 7.96. The highest BCUT2D eigenvalue weighted by atomic mass is 32.3. The lowest BCUT2D eigenvalue weighted by atomic mass is 10.1. The zero-order chi connectivity index (χ0) is 47.4. The van der Waals surface area contributed by atoms with Gasteiger partial charge in [0.15, 0.2) is 0 Å². The Bertz CT molecular complexity index is 2320. The van der Waals surface area contributed by atoms with Crippen LogP contribution in [0.4, 0.5) is 0 Å². The molecule has 364 valence electrons. The Labute approximate surface area is 401 Å². The van der Waals surface area contributed by atoms with E-state index in [9.17, 15) is 26.4 Å². The number of methoxy groups -OCH3 is 2. The number of benzene rings is 2. The van der Waals surface area contributed by atoms with Gasteiger partial charge in [-0.05, 0) is 106 Å². The second-order valence-corrected chi connectivity index (χ2v) is 23.3. The molecule has 4 N–H and O–H groups in total. The van der Waals surface area contributed by atoms with Crippen molar-refractivity contribution in [3.63, 3.8) is 0 Å². The van der Waals surface area contributed by atoms with Crippen LogP contribution < -0.4 is 30.7 Å². The quantitative estimate of drug-likeness (QED) is 0.0504. The molecule has 2 aliphatic rings. The van der Waals surface area contributed by atoms with Gasteiger partial charge in [0.25, 0.3) is 31.9 Å².